The van der Waals surface area contributed by atoms with Crippen LogP contribution in [0.2, 0.25) is 5.02 Å². The van der Waals surface area contributed by atoms with E-state index in [0.717, 1.165) is 11.1 Å². The molecule has 0 unspecified atom stereocenters. The van der Waals surface area contributed by atoms with Crippen LogP contribution >= 0.6 is 11.6 Å². The summed E-state index contributed by atoms with van der Waals surface area (Å²) in [5.41, 5.74) is 8.03. The summed E-state index contributed by atoms with van der Waals surface area (Å²) in [5, 5.41) is 21.4. The molecule has 2 aromatic heterocycles. The smallest absolute Gasteiger partial charge is 0.205 e. The van der Waals surface area contributed by atoms with E-state index in [2.05, 4.69) is 15.3 Å². The van der Waals surface area contributed by atoms with Crippen molar-refractivity contribution in [2.75, 3.05) is 5.73 Å². The highest BCUT2D eigenvalue weighted by Gasteiger charge is 2.13. The zero-order valence-electron chi connectivity index (χ0n) is 9.58. The van der Waals surface area contributed by atoms with Crippen LogP contribution in [0.25, 0.3) is 16.8 Å². The van der Waals surface area contributed by atoms with Crippen LogP contribution in [0.3, 0.4) is 0 Å². The number of nitriles is 1. The minimum absolute atomic E-state index is 0.0539. The molecule has 3 aromatic rings. The van der Waals surface area contributed by atoms with E-state index in [1.165, 1.54) is 4.52 Å². The number of nitrogens with zero attached hydrogens (tertiary/aromatic N) is 5. The molecule has 2 heterocycles. The van der Waals surface area contributed by atoms with Crippen LogP contribution in [0.15, 0.2) is 30.5 Å². The lowest BCUT2D eigenvalue weighted by Gasteiger charge is -2.01. The second kappa shape index (κ2) is 4.23. The topological polar surface area (TPSA) is 92.9 Å². The number of halogens is 1. The number of nitrogen functional groups attached to an aromatic ring is 1. The molecule has 0 amide bonds. The summed E-state index contributed by atoms with van der Waals surface area (Å²) in [7, 11) is 0. The second-order valence-electron chi connectivity index (χ2n) is 3.85. The Kier molecular flexibility index (Phi) is 2.54. The summed E-state index contributed by atoms with van der Waals surface area (Å²) in [5.74, 6) is 0.174. The third-order valence-corrected chi connectivity index (χ3v) is 2.97. The van der Waals surface area contributed by atoms with Gasteiger partial charge in [0, 0.05) is 10.6 Å². The van der Waals surface area contributed by atoms with E-state index in [9.17, 15) is 0 Å². The summed E-state index contributed by atoms with van der Waals surface area (Å²) < 4.78 is 1.40. The van der Waals surface area contributed by atoms with Crippen molar-refractivity contribution in [3.8, 4) is 17.2 Å². The first-order valence-corrected chi connectivity index (χ1v) is 5.74. The van der Waals surface area contributed by atoms with Crippen molar-refractivity contribution < 1.29 is 0 Å². The Morgan fingerprint density at radius 3 is 2.63 bits per heavy atom. The molecule has 1 aromatic carbocycles. The molecule has 0 saturated carbocycles. The van der Waals surface area contributed by atoms with Gasteiger partial charge in [-0.25, -0.2) is 0 Å². The number of rotatable bonds is 1. The number of anilines is 1. The molecule has 3 rings (SSSR count). The van der Waals surface area contributed by atoms with Crippen molar-refractivity contribution in [3.63, 3.8) is 0 Å². The number of hydrogen-bond acceptors (Lipinski definition) is 5. The lowest BCUT2D eigenvalue weighted by atomic mass is 10.1. The van der Waals surface area contributed by atoms with Gasteiger partial charge in [0.25, 0.3) is 0 Å². The van der Waals surface area contributed by atoms with Gasteiger partial charge in [0.2, 0.25) is 5.69 Å². The fourth-order valence-electron chi connectivity index (χ4n) is 1.78. The Balaban J connectivity index is 2.24. The molecule has 7 heteroatoms. The van der Waals surface area contributed by atoms with Gasteiger partial charge in [0.1, 0.15) is 6.07 Å². The average Bonchev–Trinajstić information content (AvgIpc) is 2.85. The largest absolute Gasteiger partial charge is 0.381 e. The molecule has 19 heavy (non-hydrogen) atoms. The summed E-state index contributed by atoms with van der Waals surface area (Å²) in [6, 6.07) is 9.14. The average molecular weight is 271 g/mol. The van der Waals surface area contributed by atoms with Crippen molar-refractivity contribution in [1.82, 2.24) is 19.8 Å². The van der Waals surface area contributed by atoms with Gasteiger partial charge in [-0.3, -0.25) is 0 Å². The molecule has 0 atom stereocenters. The first-order valence-electron chi connectivity index (χ1n) is 5.36. The van der Waals surface area contributed by atoms with Crippen LogP contribution in [0.4, 0.5) is 5.82 Å². The van der Waals surface area contributed by atoms with Gasteiger partial charge in [0.15, 0.2) is 11.5 Å². The summed E-state index contributed by atoms with van der Waals surface area (Å²) in [6.45, 7) is 0. The molecule has 0 fully saturated rings. The molecule has 0 aliphatic heterocycles. The molecule has 0 bridgehead atoms. The van der Waals surface area contributed by atoms with Crippen LogP contribution in [0.5, 0.6) is 0 Å². The second-order valence-corrected chi connectivity index (χ2v) is 4.28. The van der Waals surface area contributed by atoms with Crippen molar-refractivity contribution in [2.45, 2.75) is 0 Å². The van der Waals surface area contributed by atoms with E-state index in [4.69, 9.17) is 22.6 Å². The van der Waals surface area contributed by atoms with Gasteiger partial charge >= 0.3 is 0 Å². The number of hydrogen-bond donors (Lipinski definition) is 1. The van der Waals surface area contributed by atoms with E-state index in [1.807, 2.05) is 18.2 Å². The van der Waals surface area contributed by atoms with Crippen LogP contribution in [-0.4, -0.2) is 19.8 Å². The highest BCUT2D eigenvalue weighted by Crippen LogP contribution is 2.25. The molecular formula is C12H7ClN6. The van der Waals surface area contributed by atoms with Crippen molar-refractivity contribution >= 4 is 23.1 Å². The summed E-state index contributed by atoms with van der Waals surface area (Å²) in [6.07, 6.45) is 1.63. The SMILES string of the molecule is N#Cc1nnc2c(-c3ccc(Cl)cc3)cnn2c1N. The lowest BCUT2D eigenvalue weighted by Crippen LogP contribution is -2.05. The molecule has 0 radical (unpaired) electrons. The number of fused-ring (bicyclic) bond motifs is 1. The summed E-state index contributed by atoms with van der Waals surface area (Å²) >= 11 is 5.85. The van der Waals surface area contributed by atoms with E-state index in [1.54, 1.807) is 18.3 Å². The fourth-order valence-corrected chi connectivity index (χ4v) is 1.90. The summed E-state index contributed by atoms with van der Waals surface area (Å²) in [4.78, 5) is 0. The quantitative estimate of drug-likeness (QED) is 0.729. The fraction of sp³-hybridized carbons (Fsp3) is 0. The van der Waals surface area contributed by atoms with E-state index in [0.29, 0.717) is 10.7 Å². The van der Waals surface area contributed by atoms with Crippen LogP contribution in [-0.2, 0) is 0 Å². The predicted molar refractivity (Wildman–Crippen MR) is 70.4 cm³/mol. The third-order valence-electron chi connectivity index (χ3n) is 2.72. The Labute approximate surface area is 113 Å². The van der Waals surface area contributed by atoms with E-state index >= 15 is 0 Å². The molecule has 6 nitrogen and oxygen atoms in total. The van der Waals surface area contributed by atoms with Crippen molar-refractivity contribution in [3.05, 3.63) is 41.2 Å². The Bertz CT molecular complexity index is 799. The highest BCUT2D eigenvalue weighted by molar-refractivity contribution is 6.30. The molecule has 2 N–H and O–H groups in total. The zero-order valence-corrected chi connectivity index (χ0v) is 10.3. The highest BCUT2D eigenvalue weighted by atomic mass is 35.5. The van der Waals surface area contributed by atoms with Crippen LogP contribution in [0, 0.1) is 11.3 Å². The molecule has 92 valence electrons. The number of nitrogens with two attached hydrogens (primary N) is 1. The van der Waals surface area contributed by atoms with Gasteiger partial charge in [-0.05, 0) is 17.7 Å². The maximum Gasteiger partial charge on any atom is 0.205 e. The predicted octanol–water partition coefficient (Wildman–Crippen LogP) is 1.90. The maximum absolute atomic E-state index is 8.84. The van der Waals surface area contributed by atoms with Gasteiger partial charge in [0.05, 0.1) is 6.20 Å². The van der Waals surface area contributed by atoms with Gasteiger partial charge in [-0.15, -0.1) is 10.2 Å². The minimum Gasteiger partial charge on any atom is -0.381 e. The van der Waals surface area contributed by atoms with Crippen molar-refractivity contribution in [2.24, 2.45) is 0 Å². The Morgan fingerprint density at radius 1 is 1.21 bits per heavy atom. The maximum atomic E-state index is 8.84. The molecular weight excluding hydrogens is 264 g/mol. The van der Waals surface area contributed by atoms with Gasteiger partial charge < -0.3 is 5.73 Å². The Hall–Kier alpha value is -2.65. The van der Waals surface area contributed by atoms with Gasteiger partial charge in [-0.1, -0.05) is 23.7 Å². The Morgan fingerprint density at radius 2 is 1.95 bits per heavy atom. The van der Waals surface area contributed by atoms with Gasteiger partial charge in [-0.2, -0.15) is 14.9 Å². The number of benzene rings is 1. The van der Waals surface area contributed by atoms with E-state index < -0.39 is 0 Å². The molecule has 0 saturated heterocycles. The number of aromatic nitrogens is 4. The minimum atomic E-state index is 0.0539. The monoisotopic (exact) mass is 270 g/mol. The molecule has 0 aliphatic rings. The molecule has 0 spiro atoms. The van der Waals surface area contributed by atoms with Crippen LogP contribution in [0.1, 0.15) is 5.69 Å². The first-order chi connectivity index (χ1) is 9.20. The molecule has 0 aliphatic carbocycles. The van der Waals surface area contributed by atoms with Crippen LogP contribution < -0.4 is 5.73 Å². The normalized spacial score (nSPS) is 10.5. The lowest BCUT2D eigenvalue weighted by molar-refractivity contribution is 0.891. The third kappa shape index (κ3) is 1.77. The first kappa shape index (κ1) is 11.4. The zero-order chi connectivity index (χ0) is 13.4. The van der Waals surface area contributed by atoms with Crippen molar-refractivity contribution in [1.29, 1.82) is 5.26 Å². The standard InChI is InChI=1S/C12H7ClN6/c13-8-3-1-7(2-4-8)9-6-16-19-11(15)10(5-14)17-18-12(9)19/h1-4,6H,15H2. The van der Waals surface area contributed by atoms with E-state index in [-0.39, 0.29) is 11.5 Å².